The smallest absolute Gasteiger partial charge is 0.414 e. The van der Waals surface area contributed by atoms with Crippen LogP contribution in [0, 0.1) is 6.92 Å². The van der Waals surface area contributed by atoms with Gasteiger partial charge in [-0.25, -0.2) is 19.6 Å². The fourth-order valence-electron chi connectivity index (χ4n) is 6.56. The number of aryl methyl sites for hydroxylation is 1. The van der Waals surface area contributed by atoms with Gasteiger partial charge in [0.05, 0.1) is 63.5 Å². The van der Waals surface area contributed by atoms with Gasteiger partial charge in [-0.1, -0.05) is 29.5 Å². The average molecular weight is 844 g/mol. The Kier molecular flexibility index (Phi) is 14.1. The van der Waals surface area contributed by atoms with E-state index in [9.17, 15) is 19.5 Å². The van der Waals surface area contributed by atoms with Crippen molar-refractivity contribution < 1.29 is 33.7 Å². The molecule has 1 aliphatic heterocycles. The van der Waals surface area contributed by atoms with Crippen LogP contribution in [0.5, 0.6) is 5.75 Å². The maximum Gasteiger partial charge on any atom is 0.414 e. The number of nitrogens with zero attached hydrogens (tertiary/aromatic N) is 5. The van der Waals surface area contributed by atoms with Crippen LogP contribution >= 0.6 is 22.7 Å². The summed E-state index contributed by atoms with van der Waals surface area (Å²) in [5, 5.41) is 17.6. The number of nitrogens with one attached hydrogen (secondary N) is 2. The van der Waals surface area contributed by atoms with Gasteiger partial charge in [-0.2, -0.15) is 0 Å². The largest absolute Gasteiger partial charge is 0.493 e. The number of hydrogen-bond acceptors (Lipinski definition) is 13. The van der Waals surface area contributed by atoms with Gasteiger partial charge in [0, 0.05) is 43.9 Å². The summed E-state index contributed by atoms with van der Waals surface area (Å²) in [5.74, 6) is 0.306. The summed E-state index contributed by atoms with van der Waals surface area (Å²) in [6.45, 7) is 12.4. The number of carbonyl (C=O) groups is 3. The van der Waals surface area contributed by atoms with Crippen LogP contribution in [-0.2, 0) is 20.8 Å². The number of carbonyl (C=O) groups excluding carboxylic acids is 3. The molecule has 4 heterocycles. The van der Waals surface area contributed by atoms with Gasteiger partial charge in [-0.3, -0.25) is 19.6 Å². The maximum absolute atomic E-state index is 13.4. The molecule has 5 aromatic rings. The van der Waals surface area contributed by atoms with E-state index in [1.165, 1.54) is 9.80 Å². The summed E-state index contributed by atoms with van der Waals surface area (Å²) in [6, 6.07) is 13.1. The van der Waals surface area contributed by atoms with Gasteiger partial charge in [0.2, 0.25) is 5.91 Å². The maximum atomic E-state index is 13.4. The molecule has 0 saturated carbocycles. The first kappa shape index (κ1) is 43.3. The van der Waals surface area contributed by atoms with Crippen LogP contribution in [-0.4, -0.2) is 93.6 Å². The minimum absolute atomic E-state index is 0.0362. The molecular formula is C43H53N7O7S2. The summed E-state index contributed by atoms with van der Waals surface area (Å²) >= 11 is 3.15. The number of amides is 3. The molecule has 59 heavy (non-hydrogen) atoms. The number of fused-ring (bicyclic) bond motifs is 1. The van der Waals surface area contributed by atoms with Crippen molar-refractivity contribution in [2.24, 2.45) is 0 Å². The number of unbranched alkanes of at least 4 members (excludes halogenated alkanes) is 2. The lowest BCUT2D eigenvalue weighted by atomic mass is 10.1. The second-order valence-electron chi connectivity index (χ2n) is 15.8. The normalized spacial score (nSPS) is 15.4. The zero-order valence-corrected chi connectivity index (χ0v) is 36.2. The predicted molar refractivity (Wildman–Crippen MR) is 232 cm³/mol. The van der Waals surface area contributed by atoms with E-state index >= 15 is 0 Å². The van der Waals surface area contributed by atoms with E-state index in [1.54, 1.807) is 62.9 Å². The number of β-amino-alcohol motifs (C(OH)–C–C–N with tert-alkyl or cyclic N) is 1. The van der Waals surface area contributed by atoms with Gasteiger partial charge in [0.25, 0.3) is 0 Å². The Hall–Kier alpha value is -5.32. The van der Waals surface area contributed by atoms with Crippen molar-refractivity contribution in [3.63, 3.8) is 0 Å². The SMILES string of the molecule is Cc1ncsc1-c1ccc(CNC(=O)[C@@H]2C[C@@H](O)CN2C(=O)OC(C)(C)C)c(OCCCCCNc2nc3ccc(-c4cncc(N(C)C(=O)OC(C)C)c4)cc3s2)c1. The Morgan fingerprint density at radius 2 is 1.83 bits per heavy atom. The minimum Gasteiger partial charge on any atom is -0.493 e. The number of hydrogen-bond donors (Lipinski definition) is 3. The molecular weight excluding hydrogens is 791 g/mol. The summed E-state index contributed by atoms with van der Waals surface area (Å²) in [4.78, 5) is 56.0. The monoisotopic (exact) mass is 843 g/mol. The Morgan fingerprint density at radius 1 is 1.03 bits per heavy atom. The van der Waals surface area contributed by atoms with Crippen LogP contribution in [0.15, 0.2) is 60.4 Å². The molecule has 0 aliphatic carbocycles. The molecule has 0 spiro atoms. The quantitative estimate of drug-likeness (QED) is 0.0866. The molecule has 3 N–H and O–H groups in total. The molecule has 6 rings (SSSR count). The van der Waals surface area contributed by atoms with E-state index in [-0.39, 0.29) is 31.5 Å². The Labute approximate surface area is 352 Å². The first-order chi connectivity index (χ1) is 28.1. The number of rotatable bonds is 15. The molecule has 3 amide bonds. The number of ether oxygens (including phenoxy) is 3. The Morgan fingerprint density at radius 3 is 2.58 bits per heavy atom. The van der Waals surface area contributed by atoms with Crippen LogP contribution in [0.25, 0.3) is 31.8 Å². The highest BCUT2D eigenvalue weighted by molar-refractivity contribution is 7.22. The number of pyridine rings is 1. The Balaban J connectivity index is 1.01. The van der Waals surface area contributed by atoms with Crippen molar-refractivity contribution in [2.45, 2.75) is 97.6 Å². The molecule has 1 fully saturated rings. The van der Waals surface area contributed by atoms with E-state index in [1.807, 2.05) is 62.7 Å². The van der Waals surface area contributed by atoms with E-state index in [0.29, 0.717) is 18.0 Å². The third-order valence-electron chi connectivity index (χ3n) is 9.54. The molecule has 0 bridgehead atoms. The van der Waals surface area contributed by atoms with Crippen molar-refractivity contribution >= 4 is 61.8 Å². The van der Waals surface area contributed by atoms with E-state index < -0.39 is 29.9 Å². The molecule has 1 saturated heterocycles. The highest BCUT2D eigenvalue weighted by Gasteiger charge is 2.41. The zero-order valence-electron chi connectivity index (χ0n) is 34.6. The van der Waals surface area contributed by atoms with Crippen LogP contribution in [0.3, 0.4) is 0 Å². The lowest BCUT2D eigenvalue weighted by Gasteiger charge is -2.28. The van der Waals surface area contributed by atoms with E-state index in [0.717, 1.165) is 74.0 Å². The number of benzene rings is 2. The fraction of sp³-hybridized carbons (Fsp3) is 0.442. The van der Waals surface area contributed by atoms with Gasteiger partial charge in [0.15, 0.2) is 5.13 Å². The van der Waals surface area contributed by atoms with E-state index in [4.69, 9.17) is 19.2 Å². The lowest BCUT2D eigenvalue weighted by Crippen LogP contribution is -2.47. The number of aliphatic hydroxyl groups excluding tert-OH is 1. The number of likely N-dealkylation sites (tertiary alicyclic amines) is 1. The summed E-state index contributed by atoms with van der Waals surface area (Å²) in [6.07, 6.45) is 4.14. The lowest BCUT2D eigenvalue weighted by molar-refractivity contribution is -0.125. The second kappa shape index (κ2) is 19.2. The van der Waals surface area contributed by atoms with Crippen LogP contribution in [0.2, 0.25) is 0 Å². The van der Waals surface area contributed by atoms with Crippen molar-refractivity contribution in [1.29, 1.82) is 0 Å². The van der Waals surface area contributed by atoms with E-state index in [2.05, 4.69) is 26.7 Å². The molecule has 1 aliphatic rings. The third kappa shape index (κ3) is 11.5. The molecule has 0 radical (unpaired) electrons. The summed E-state index contributed by atoms with van der Waals surface area (Å²) in [5.41, 5.74) is 7.22. The number of aromatic nitrogens is 3. The predicted octanol–water partition coefficient (Wildman–Crippen LogP) is 8.42. The van der Waals surface area contributed by atoms with Gasteiger partial charge in [0.1, 0.15) is 17.4 Å². The average Bonchev–Trinajstić information content (AvgIpc) is 3.93. The standard InChI is InChI=1S/C43H53N7O7S2/c1-26(2)56-41(53)49(7)32-17-31(21-44-23-32)28-13-14-34-37(19-28)59-40(48-34)45-15-9-8-10-16-55-36-18-29(38-27(3)47-25-58-38)11-12-30(36)22-46-39(52)35-20-33(51)24-50(35)42(54)57-43(4,5)6/h11-14,17-19,21,23,25-26,33,35,51H,8-10,15-16,20,22,24H2,1-7H3,(H,45,48)(H,46,52)/t33-,35+/m1/s1. The Bertz CT molecular complexity index is 2250. The topological polar surface area (TPSA) is 168 Å². The van der Waals surface area contributed by atoms with Crippen molar-refractivity contribution in [3.8, 4) is 27.3 Å². The van der Waals surface area contributed by atoms with Gasteiger partial charge in [-0.05, 0) is 96.2 Å². The minimum atomic E-state index is -0.838. The summed E-state index contributed by atoms with van der Waals surface area (Å²) in [7, 11) is 1.67. The molecule has 2 aromatic carbocycles. The van der Waals surface area contributed by atoms with Crippen LogP contribution in [0.1, 0.15) is 71.6 Å². The first-order valence-electron chi connectivity index (χ1n) is 19.8. The molecule has 2 atom stereocenters. The zero-order chi connectivity index (χ0) is 42.3. The van der Waals surface area contributed by atoms with Crippen LogP contribution < -0.4 is 20.3 Å². The van der Waals surface area contributed by atoms with Crippen molar-refractivity contribution in [3.05, 3.63) is 71.6 Å². The fourth-order valence-corrected chi connectivity index (χ4v) is 8.29. The number of aliphatic hydroxyl groups is 1. The van der Waals surface area contributed by atoms with Gasteiger partial charge >= 0.3 is 12.2 Å². The number of thiazole rings is 2. The molecule has 0 unspecified atom stereocenters. The van der Waals surface area contributed by atoms with Gasteiger partial charge < -0.3 is 30.0 Å². The van der Waals surface area contributed by atoms with Gasteiger partial charge in [-0.15, -0.1) is 11.3 Å². The number of anilines is 2. The first-order valence-corrected chi connectivity index (χ1v) is 21.5. The molecule has 314 valence electrons. The third-order valence-corrected chi connectivity index (χ3v) is 11.5. The summed E-state index contributed by atoms with van der Waals surface area (Å²) < 4.78 is 18.2. The van der Waals surface area contributed by atoms with Crippen LogP contribution in [0.4, 0.5) is 20.4 Å². The molecule has 3 aromatic heterocycles. The highest BCUT2D eigenvalue weighted by Crippen LogP contribution is 2.34. The highest BCUT2D eigenvalue weighted by atomic mass is 32.1. The molecule has 16 heteroatoms. The van der Waals surface area contributed by atoms with Crippen molar-refractivity contribution in [1.82, 2.24) is 25.2 Å². The second-order valence-corrected chi connectivity index (χ2v) is 17.7. The molecule has 14 nitrogen and oxygen atoms in total. The van der Waals surface area contributed by atoms with Crippen molar-refractivity contribution in [2.75, 3.05) is 37.0 Å².